The second-order valence-corrected chi connectivity index (χ2v) is 6.84. The number of carbonyl (C=O) groups excluding carboxylic acids is 1. The molecule has 0 unspecified atom stereocenters. The molecule has 0 aromatic heterocycles. The molecular weight excluding hydrogens is 256 g/mol. The lowest BCUT2D eigenvalue weighted by molar-refractivity contribution is 0.0977. The van der Waals surface area contributed by atoms with Crippen molar-refractivity contribution in [2.45, 2.75) is 0 Å². The Labute approximate surface area is 104 Å². The summed E-state index contributed by atoms with van der Waals surface area (Å²) < 4.78 is 28.9. The summed E-state index contributed by atoms with van der Waals surface area (Å²) in [6, 6.07) is 5.21. The highest BCUT2D eigenvalue weighted by Gasteiger charge is 2.49. The highest BCUT2D eigenvalue weighted by molar-refractivity contribution is 7.58. The summed E-state index contributed by atoms with van der Waals surface area (Å²) in [5, 5.41) is 2.60. The van der Waals surface area contributed by atoms with Gasteiger partial charge in [0.15, 0.2) is 0 Å². The van der Waals surface area contributed by atoms with Gasteiger partial charge >= 0.3 is 7.59 Å². The molecule has 2 heterocycles. The predicted octanol–water partition coefficient (Wildman–Crippen LogP) is 1.29. The van der Waals surface area contributed by atoms with E-state index in [1.165, 1.54) is 24.3 Å². The Morgan fingerprint density at radius 3 is 2.06 bits per heavy atom. The summed E-state index contributed by atoms with van der Waals surface area (Å²) in [7, 11) is -2.90. The highest BCUT2D eigenvalue weighted by atomic mass is 31.2. The first kappa shape index (κ1) is 11.8. The van der Waals surface area contributed by atoms with Crippen LogP contribution in [0.3, 0.4) is 0 Å². The first-order valence-corrected chi connectivity index (χ1v) is 7.40. The quantitative estimate of drug-likeness (QED) is 0.661. The minimum atomic E-state index is -2.90. The minimum absolute atomic E-state index is 0.320. The van der Waals surface area contributed by atoms with Crippen LogP contribution in [0.2, 0.25) is 0 Å². The molecule has 96 valence electrons. The molecule has 1 aromatic rings. The standard InChI is InChI=1S/C11H13FN3O2P/c12-10-3-1-9(2-4-10)11(16)13-18(17,14-5-6-14)15-7-8-15/h1-4H,5-8H2,(H,13,16,17). The third-order valence-corrected chi connectivity index (χ3v) is 5.80. The van der Waals surface area contributed by atoms with Crippen LogP contribution in [0.4, 0.5) is 4.39 Å². The predicted molar refractivity (Wildman–Crippen MR) is 64.6 cm³/mol. The number of hydrogen-bond acceptors (Lipinski definition) is 2. The molecule has 0 spiro atoms. The van der Waals surface area contributed by atoms with Crippen molar-refractivity contribution >= 4 is 13.5 Å². The van der Waals surface area contributed by atoms with Crippen molar-refractivity contribution in [3.8, 4) is 0 Å². The largest absolute Gasteiger partial charge is 0.311 e. The van der Waals surface area contributed by atoms with Crippen LogP contribution < -0.4 is 5.09 Å². The molecule has 0 saturated carbocycles. The van der Waals surface area contributed by atoms with Gasteiger partial charge in [0.25, 0.3) is 5.91 Å². The van der Waals surface area contributed by atoms with Gasteiger partial charge in [0.1, 0.15) is 5.82 Å². The van der Waals surface area contributed by atoms with Crippen LogP contribution in [-0.4, -0.2) is 41.4 Å². The summed E-state index contributed by atoms with van der Waals surface area (Å²) in [6.45, 7) is 2.99. The Kier molecular flexibility index (Phi) is 2.73. The lowest BCUT2D eigenvalue weighted by Crippen LogP contribution is -2.27. The van der Waals surface area contributed by atoms with Crippen LogP contribution in [0, 0.1) is 5.82 Å². The third-order valence-electron chi connectivity index (χ3n) is 2.97. The molecule has 0 atom stereocenters. The van der Waals surface area contributed by atoms with Gasteiger partial charge in [-0.05, 0) is 24.3 Å². The van der Waals surface area contributed by atoms with E-state index in [0.717, 1.165) is 26.2 Å². The Morgan fingerprint density at radius 2 is 1.61 bits per heavy atom. The zero-order valence-electron chi connectivity index (χ0n) is 9.67. The van der Waals surface area contributed by atoms with Gasteiger partial charge in [0, 0.05) is 31.7 Å². The van der Waals surface area contributed by atoms with Crippen LogP contribution in [0.5, 0.6) is 0 Å². The molecular formula is C11H13FN3O2P. The first-order valence-electron chi connectivity index (χ1n) is 5.79. The van der Waals surface area contributed by atoms with E-state index < -0.39 is 19.3 Å². The van der Waals surface area contributed by atoms with E-state index in [1.807, 2.05) is 0 Å². The molecule has 18 heavy (non-hydrogen) atoms. The molecule has 3 rings (SSSR count). The van der Waals surface area contributed by atoms with E-state index in [1.54, 1.807) is 9.34 Å². The zero-order chi connectivity index (χ0) is 12.8. The van der Waals surface area contributed by atoms with E-state index in [2.05, 4.69) is 5.09 Å². The van der Waals surface area contributed by atoms with E-state index in [4.69, 9.17) is 0 Å². The van der Waals surface area contributed by atoms with E-state index in [9.17, 15) is 13.8 Å². The molecule has 2 aliphatic rings. The Morgan fingerprint density at radius 1 is 1.11 bits per heavy atom. The number of halogens is 1. The zero-order valence-corrected chi connectivity index (χ0v) is 10.6. The van der Waals surface area contributed by atoms with Crippen molar-refractivity contribution in [1.82, 2.24) is 14.4 Å². The van der Waals surface area contributed by atoms with Crippen LogP contribution >= 0.6 is 7.59 Å². The van der Waals surface area contributed by atoms with Gasteiger partial charge < -0.3 is 0 Å². The molecule has 1 N–H and O–H groups in total. The molecule has 1 amide bonds. The Balaban J connectivity index is 1.77. The van der Waals surface area contributed by atoms with Crippen molar-refractivity contribution < 1.29 is 13.8 Å². The van der Waals surface area contributed by atoms with Gasteiger partial charge in [-0.25, -0.2) is 13.7 Å². The van der Waals surface area contributed by atoms with Crippen molar-refractivity contribution in [2.75, 3.05) is 26.2 Å². The topological polar surface area (TPSA) is 52.2 Å². The van der Waals surface area contributed by atoms with E-state index in [0.29, 0.717) is 5.56 Å². The SMILES string of the molecule is O=C(NP(=O)(N1CC1)N1CC1)c1ccc(F)cc1. The normalized spacial score (nSPS) is 19.6. The maximum atomic E-state index is 12.8. The number of carbonyl (C=O) groups is 1. The van der Waals surface area contributed by atoms with Gasteiger partial charge in [0.05, 0.1) is 0 Å². The molecule has 7 heteroatoms. The second-order valence-electron chi connectivity index (χ2n) is 4.40. The van der Waals surface area contributed by atoms with Gasteiger partial charge in [-0.15, -0.1) is 0 Å². The molecule has 0 bridgehead atoms. The Bertz CT molecular complexity index is 510. The third kappa shape index (κ3) is 2.19. The average Bonchev–Trinajstić information content (AvgIpc) is 3.18. The maximum Gasteiger partial charge on any atom is 0.311 e. The number of rotatable bonds is 4. The lowest BCUT2D eigenvalue weighted by atomic mass is 10.2. The molecule has 1 aromatic carbocycles. The van der Waals surface area contributed by atoms with Crippen molar-refractivity contribution in [1.29, 1.82) is 0 Å². The van der Waals surface area contributed by atoms with Crippen LogP contribution in [0.1, 0.15) is 10.4 Å². The fraction of sp³-hybridized carbons (Fsp3) is 0.364. The van der Waals surface area contributed by atoms with Gasteiger partial charge in [-0.3, -0.25) is 14.4 Å². The van der Waals surface area contributed by atoms with E-state index >= 15 is 0 Å². The van der Waals surface area contributed by atoms with Gasteiger partial charge in [-0.2, -0.15) is 0 Å². The average molecular weight is 269 g/mol. The van der Waals surface area contributed by atoms with Crippen LogP contribution in [0.25, 0.3) is 0 Å². The second kappa shape index (κ2) is 4.16. The number of nitrogens with zero attached hydrogens (tertiary/aromatic N) is 2. The number of nitrogens with one attached hydrogen (secondary N) is 1. The number of amides is 1. The van der Waals surface area contributed by atoms with Crippen LogP contribution in [-0.2, 0) is 4.57 Å². The summed E-state index contributed by atoms with van der Waals surface area (Å²) in [5.41, 5.74) is 0.320. The number of hydrogen-bond donors (Lipinski definition) is 1. The lowest BCUT2D eigenvalue weighted by Gasteiger charge is -2.20. The summed E-state index contributed by atoms with van der Waals surface area (Å²) in [6.07, 6.45) is 0. The van der Waals surface area contributed by atoms with Gasteiger partial charge in [0.2, 0.25) is 0 Å². The van der Waals surface area contributed by atoms with Crippen molar-refractivity contribution in [2.24, 2.45) is 0 Å². The number of benzene rings is 1. The first-order chi connectivity index (χ1) is 8.59. The summed E-state index contributed by atoms with van der Waals surface area (Å²) in [4.78, 5) is 12.0. The minimum Gasteiger partial charge on any atom is -0.279 e. The van der Waals surface area contributed by atoms with Crippen molar-refractivity contribution in [3.63, 3.8) is 0 Å². The monoisotopic (exact) mass is 269 g/mol. The highest BCUT2D eigenvalue weighted by Crippen LogP contribution is 2.56. The molecule has 0 radical (unpaired) electrons. The molecule has 0 aliphatic carbocycles. The Hall–Kier alpha value is -1.23. The summed E-state index contributed by atoms with van der Waals surface area (Å²) >= 11 is 0. The van der Waals surface area contributed by atoms with Crippen molar-refractivity contribution in [3.05, 3.63) is 35.6 Å². The van der Waals surface area contributed by atoms with E-state index in [-0.39, 0.29) is 0 Å². The maximum absolute atomic E-state index is 12.8. The molecule has 2 fully saturated rings. The van der Waals surface area contributed by atoms with Crippen LogP contribution in [0.15, 0.2) is 24.3 Å². The molecule has 2 aliphatic heterocycles. The molecule has 5 nitrogen and oxygen atoms in total. The fourth-order valence-electron chi connectivity index (χ4n) is 1.75. The molecule has 2 saturated heterocycles. The fourth-order valence-corrected chi connectivity index (χ4v) is 4.05. The van der Waals surface area contributed by atoms with Gasteiger partial charge in [-0.1, -0.05) is 0 Å². The summed E-state index contributed by atoms with van der Waals surface area (Å²) in [5.74, 6) is -0.816. The smallest absolute Gasteiger partial charge is 0.279 e.